The molecule has 0 fully saturated rings. The molecule has 0 radical (unpaired) electrons. The second-order valence-electron chi connectivity index (χ2n) is 12.7. The fourth-order valence-corrected chi connectivity index (χ4v) is 6.89. The van der Waals surface area contributed by atoms with E-state index in [0.717, 1.165) is 49.7 Å². The Bertz CT molecular complexity index is 3260. The molecular formula is C49H32N4. The van der Waals surface area contributed by atoms with Crippen molar-refractivity contribution < 1.29 is 11.0 Å². The second kappa shape index (κ2) is 12.9. The molecule has 10 aromatic rings. The molecule has 0 unspecified atom stereocenters. The summed E-state index contributed by atoms with van der Waals surface area (Å²) in [4.78, 5) is 14.7. The van der Waals surface area contributed by atoms with Crippen molar-refractivity contribution in [1.29, 1.82) is 0 Å². The Hall–Kier alpha value is -7.17. The van der Waals surface area contributed by atoms with Gasteiger partial charge in [0.25, 0.3) is 0 Å². The normalized spacial score (nSPS) is 13.5. The lowest BCUT2D eigenvalue weighted by Crippen LogP contribution is -2.00. The van der Waals surface area contributed by atoms with Crippen molar-refractivity contribution in [3.63, 3.8) is 0 Å². The molecule has 2 heterocycles. The van der Waals surface area contributed by atoms with E-state index in [4.69, 9.17) is 25.9 Å². The van der Waals surface area contributed by atoms with Crippen LogP contribution in [0, 0.1) is 0 Å². The predicted molar refractivity (Wildman–Crippen MR) is 219 cm³/mol. The summed E-state index contributed by atoms with van der Waals surface area (Å²) in [5.41, 5.74) is 6.44. The van der Waals surface area contributed by atoms with Gasteiger partial charge >= 0.3 is 0 Å². The van der Waals surface area contributed by atoms with E-state index >= 15 is 0 Å². The molecule has 4 heteroatoms. The minimum absolute atomic E-state index is 0.0297. The molecule has 0 aliphatic rings. The van der Waals surface area contributed by atoms with Gasteiger partial charge < -0.3 is 4.57 Å². The first-order chi connectivity index (χ1) is 29.6. The number of rotatable bonds is 6. The minimum atomic E-state index is -0.483. The molecule has 10 rings (SSSR count). The fraction of sp³-hybridized carbons (Fsp3) is 0. The molecule has 0 N–H and O–H groups in total. The Labute approximate surface area is 318 Å². The summed E-state index contributed by atoms with van der Waals surface area (Å²) in [6, 6.07) is 44.0. The summed E-state index contributed by atoms with van der Waals surface area (Å²) in [6.07, 6.45) is 0. The van der Waals surface area contributed by atoms with Gasteiger partial charge in [0.05, 0.1) is 22.0 Å². The van der Waals surface area contributed by atoms with Gasteiger partial charge in [-0.1, -0.05) is 152 Å². The summed E-state index contributed by atoms with van der Waals surface area (Å²) in [7, 11) is 0. The van der Waals surface area contributed by atoms with Crippen LogP contribution < -0.4 is 0 Å². The highest BCUT2D eigenvalue weighted by atomic mass is 15.0. The number of benzene rings is 8. The molecule has 0 atom stereocenters. The zero-order chi connectivity index (χ0) is 42.1. The van der Waals surface area contributed by atoms with Crippen LogP contribution in [0.4, 0.5) is 0 Å². The zero-order valence-electron chi connectivity index (χ0n) is 36.1. The number of fused-ring (bicyclic) bond motifs is 4. The van der Waals surface area contributed by atoms with Gasteiger partial charge in [-0.25, -0.2) is 15.0 Å². The Morgan fingerprint density at radius 2 is 0.811 bits per heavy atom. The summed E-state index contributed by atoms with van der Waals surface area (Å²) in [5.74, 6) is 1.64. The van der Waals surface area contributed by atoms with Crippen LogP contribution in [0.3, 0.4) is 0 Å². The van der Waals surface area contributed by atoms with Crippen molar-refractivity contribution in [2.24, 2.45) is 0 Å². The topological polar surface area (TPSA) is 43.6 Å². The molecule has 8 aromatic carbocycles. The third-order valence-corrected chi connectivity index (χ3v) is 9.45. The van der Waals surface area contributed by atoms with Gasteiger partial charge in [0.15, 0.2) is 17.5 Å². The molecule has 0 saturated carbocycles. The van der Waals surface area contributed by atoms with Gasteiger partial charge in [0.2, 0.25) is 0 Å². The highest BCUT2D eigenvalue weighted by molar-refractivity contribution is 6.09. The average molecular weight is 685 g/mol. The lowest BCUT2D eigenvalue weighted by atomic mass is 9.95. The molecular weight excluding hydrogens is 645 g/mol. The molecule has 2 aromatic heterocycles. The highest BCUT2D eigenvalue weighted by Crippen LogP contribution is 2.37. The van der Waals surface area contributed by atoms with Crippen LogP contribution in [0.1, 0.15) is 11.0 Å². The van der Waals surface area contributed by atoms with E-state index < -0.39 is 24.2 Å². The summed E-state index contributed by atoms with van der Waals surface area (Å²) < 4.78 is 71.8. The highest BCUT2D eigenvalue weighted by Gasteiger charge is 2.16. The van der Waals surface area contributed by atoms with Crippen LogP contribution in [0.5, 0.6) is 0 Å². The van der Waals surface area contributed by atoms with E-state index in [1.807, 2.05) is 133 Å². The first-order valence-electron chi connectivity index (χ1n) is 21.2. The van der Waals surface area contributed by atoms with Crippen molar-refractivity contribution in [1.82, 2.24) is 19.5 Å². The fourth-order valence-electron chi connectivity index (χ4n) is 6.89. The maximum Gasteiger partial charge on any atom is 0.164 e. The first kappa shape index (κ1) is 23.3. The smallest absolute Gasteiger partial charge is 0.164 e. The van der Waals surface area contributed by atoms with Crippen LogP contribution in [-0.2, 0) is 0 Å². The number of aromatic nitrogens is 4. The van der Waals surface area contributed by atoms with E-state index in [0.29, 0.717) is 23.2 Å². The number of hydrogen-bond acceptors (Lipinski definition) is 3. The molecule has 248 valence electrons. The van der Waals surface area contributed by atoms with Crippen LogP contribution in [-0.4, -0.2) is 19.5 Å². The zero-order valence-corrected chi connectivity index (χ0v) is 28.1. The molecule has 0 spiro atoms. The molecule has 0 aliphatic heterocycles. The van der Waals surface area contributed by atoms with Gasteiger partial charge in [-0.3, -0.25) is 0 Å². The lowest BCUT2D eigenvalue weighted by molar-refractivity contribution is 1.07. The first-order valence-corrected chi connectivity index (χ1v) is 17.2. The second-order valence-corrected chi connectivity index (χ2v) is 12.7. The van der Waals surface area contributed by atoms with Crippen LogP contribution in [0.2, 0.25) is 0 Å². The summed E-state index contributed by atoms with van der Waals surface area (Å²) in [6.45, 7) is 0. The molecule has 0 aliphatic carbocycles. The third kappa shape index (κ3) is 5.63. The van der Waals surface area contributed by atoms with E-state index in [1.54, 1.807) is 4.57 Å². The summed E-state index contributed by atoms with van der Waals surface area (Å²) >= 11 is 0. The van der Waals surface area contributed by atoms with Crippen molar-refractivity contribution in [2.45, 2.75) is 0 Å². The standard InChI is InChI=1S/C49H32N4/c1-4-14-33(15-5-1)40-30-41(32-42(31-40)53-45-22-12-10-20-43(45)44-21-11-13-23-46(44)53)37-26-24-34-25-27-38(29-39(34)28-37)49-51-47(35-16-6-2-7-17-35)50-48(52-49)36-18-8-3-9-19-36/h1-32H/i10D,11D,12D,13D,20D,21D,22D,23D. The molecule has 53 heavy (non-hydrogen) atoms. The molecule has 0 saturated heterocycles. The molecule has 0 amide bonds. The SMILES string of the molecule is [2H]c1c([2H])c([2H])c2c(c1[2H])c1c([2H])c([2H])c([2H])c([2H])c1n2-c1cc(-c2ccccc2)cc(-c2ccc3ccc(-c4nc(-c5ccccc5)nc(-c5ccccc5)n4)cc3c2)c1. The van der Waals surface area contributed by atoms with Gasteiger partial charge in [-0.05, 0) is 75.4 Å². The summed E-state index contributed by atoms with van der Waals surface area (Å²) in [5, 5.41) is 1.97. The van der Waals surface area contributed by atoms with Crippen LogP contribution in [0.25, 0.3) is 94.7 Å². The largest absolute Gasteiger partial charge is 0.309 e. The van der Waals surface area contributed by atoms with Crippen molar-refractivity contribution in [3.05, 3.63) is 194 Å². The maximum absolute atomic E-state index is 9.10. The third-order valence-electron chi connectivity index (χ3n) is 9.45. The van der Waals surface area contributed by atoms with Crippen molar-refractivity contribution >= 4 is 32.6 Å². The van der Waals surface area contributed by atoms with Gasteiger partial charge in [-0.15, -0.1) is 0 Å². The van der Waals surface area contributed by atoms with Gasteiger partial charge in [-0.2, -0.15) is 0 Å². The average Bonchev–Trinajstić information content (AvgIpc) is 3.68. The Morgan fingerprint density at radius 3 is 1.38 bits per heavy atom. The number of nitrogens with zero attached hydrogens (tertiary/aromatic N) is 4. The maximum atomic E-state index is 9.10. The van der Waals surface area contributed by atoms with Crippen molar-refractivity contribution in [3.8, 4) is 62.1 Å². The van der Waals surface area contributed by atoms with E-state index in [-0.39, 0.29) is 46.0 Å². The minimum Gasteiger partial charge on any atom is -0.309 e. The number of hydrogen-bond donors (Lipinski definition) is 0. The van der Waals surface area contributed by atoms with Crippen LogP contribution in [0.15, 0.2) is 194 Å². The van der Waals surface area contributed by atoms with Gasteiger partial charge in [0.1, 0.15) is 0 Å². The van der Waals surface area contributed by atoms with Gasteiger partial charge in [0, 0.05) is 33.2 Å². The van der Waals surface area contributed by atoms with Crippen LogP contribution >= 0.6 is 0 Å². The Morgan fingerprint density at radius 1 is 0.358 bits per heavy atom. The lowest BCUT2D eigenvalue weighted by Gasteiger charge is -2.14. The predicted octanol–water partition coefficient (Wildman–Crippen LogP) is 12.5. The quantitative estimate of drug-likeness (QED) is 0.175. The molecule has 0 bridgehead atoms. The Kier molecular flexibility index (Phi) is 5.66. The van der Waals surface area contributed by atoms with E-state index in [2.05, 4.69) is 12.1 Å². The number of para-hydroxylation sites is 2. The van der Waals surface area contributed by atoms with E-state index in [1.165, 1.54) is 0 Å². The monoisotopic (exact) mass is 684 g/mol. The Balaban J connectivity index is 1.20. The van der Waals surface area contributed by atoms with Crippen molar-refractivity contribution in [2.75, 3.05) is 0 Å². The van der Waals surface area contributed by atoms with E-state index in [9.17, 15) is 0 Å². The molecule has 4 nitrogen and oxygen atoms in total.